The van der Waals surface area contributed by atoms with E-state index in [1.54, 1.807) is 28.0 Å². The highest BCUT2D eigenvalue weighted by Crippen LogP contribution is 2.34. The van der Waals surface area contributed by atoms with Crippen LogP contribution in [0, 0.1) is 20.2 Å². The van der Waals surface area contributed by atoms with E-state index in [0.717, 1.165) is 6.07 Å². The molecular formula is C19H19BrN4O5. The summed E-state index contributed by atoms with van der Waals surface area (Å²) < 4.78 is 0.706. The van der Waals surface area contributed by atoms with Crippen LogP contribution in [0.2, 0.25) is 0 Å². The third-order valence-corrected chi connectivity index (χ3v) is 5.66. The zero-order chi connectivity index (χ0) is 21.3. The van der Waals surface area contributed by atoms with Crippen LogP contribution in [-0.4, -0.2) is 45.8 Å². The maximum Gasteiger partial charge on any atom is 0.299 e. The van der Waals surface area contributed by atoms with Crippen molar-refractivity contribution in [2.45, 2.75) is 25.9 Å². The molecule has 29 heavy (non-hydrogen) atoms. The molecule has 10 heteroatoms. The molecule has 1 aliphatic rings. The number of nitrogens with zero attached hydrogens (tertiary/aromatic N) is 4. The van der Waals surface area contributed by atoms with Crippen molar-refractivity contribution < 1.29 is 14.6 Å². The van der Waals surface area contributed by atoms with E-state index < -0.39 is 9.85 Å². The Morgan fingerprint density at radius 2 is 1.66 bits per heavy atom. The van der Waals surface area contributed by atoms with Gasteiger partial charge in [-0.1, -0.05) is 12.1 Å². The Balaban J connectivity index is 1.89. The molecule has 152 valence electrons. The molecule has 1 saturated heterocycles. The highest BCUT2D eigenvalue weighted by atomic mass is 79.9. The number of anilines is 1. The molecule has 0 aliphatic carbocycles. The number of halogens is 1. The average molecular weight is 463 g/mol. The normalized spacial score (nSPS) is 19.1. The minimum absolute atomic E-state index is 0.115. The lowest BCUT2D eigenvalue weighted by molar-refractivity contribution is -0.393. The fraction of sp³-hybridized carbons (Fsp3) is 0.316. The van der Waals surface area contributed by atoms with E-state index in [1.165, 1.54) is 12.1 Å². The quantitative estimate of drug-likeness (QED) is 0.501. The molecule has 2 aromatic rings. The monoisotopic (exact) mass is 462 g/mol. The molecule has 1 fully saturated rings. The van der Waals surface area contributed by atoms with Gasteiger partial charge in [0.05, 0.1) is 21.5 Å². The number of carbonyl (C=O) groups excluding carboxylic acids is 1. The zero-order valence-corrected chi connectivity index (χ0v) is 17.4. The van der Waals surface area contributed by atoms with Gasteiger partial charge in [0.25, 0.3) is 17.3 Å². The van der Waals surface area contributed by atoms with Gasteiger partial charge < -0.3 is 9.80 Å². The second-order valence-corrected chi connectivity index (χ2v) is 7.84. The topological polar surface area (TPSA) is 110 Å². The van der Waals surface area contributed by atoms with Crippen LogP contribution in [0.1, 0.15) is 24.2 Å². The number of nitro benzene ring substituents is 2. The minimum Gasteiger partial charge on any atom is -0.362 e. The number of benzene rings is 2. The van der Waals surface area contributed by atoms with Crippen molar-refractivity contribution in [3.63, 3.8) is 0 Å². The predicted octanol–water partition coefficient (Wildman–Crippen LogP) is 4.00. The Hall–Kier alpha value is -3.01. The second kappa shape index (κ2) is 8.16. The smallest absolute Gasteiger partial charge is 0.299 e. The first kappa shape index (κ1) is 20.7. The van der Waals surface area contributed by atoms with Gasteiger partial charge in [-0.25, -0.2) is 0 Å². The van der Waals surface area contributed by atoms with Gasteiger partial charge in [0.2, 0.25) is 0 Å². The maximum absolute atomic E-state index is 13.1. The molecule has 3 rings (SSSR count). The summed E-state index contributed by atoms with van der Waals surface area (Å²) in [6.07, 6.45) is 0. The Morgan fingerprint density at radius 1 is 1.03 bits per heavy atom. The van der Waals surface area contributed by atoms with Crippen LogP contribution in [0.25, 0.3) is 0 Å². The Kier molecular flexibility index (Phi) is 5.83. The van der Waals surface area contributed by atoms with Gasteiger partial charge in [0, 0.05) is 35.7 Å². The third-order valence-electron chi connectivity index (χ3n) is 4.96. The molecule has 0 bridgehead atoms. The van der Waals surface area contributed by atoms with E-state index in [4.69, 9.17) is 0 Å². The van der Waals surface area contributed by atoms with Crippen LogP contribution >= 0.6 is 15.9 Å². The molecule has 2 aromatic carbocycles. The van der Waals surface area contributed by atoms with Crippen LogP contribution in [0.15, 0.2) is 46.9 Å². The fourth-order valence-electron chi connectivity index (χ4n) is 3.73. The van der Waals surface area contributed by atoms with Crippen molar-refractivity contribution in [2.75, 3.05) is 18.0 Å². The van der Waals surface area contributed by atoms with Gasteiger partial charge >= 0.3 is 0 Å². The summed E-state index contributed by atoms with van der Waals surface area (Å²) >= 11 is 3.41. The Labute approximate surface area is 175 Å². The average Bonchev–Trinajstić information content (AvgIpc) is 2.67. The highest BCUT2D eigenvalue weighted by Gasteiger charge is 2.36. The van der Waals surface area contributed by atoms with Crippen molar-refractivity contribution >= 4 is 38.9 Å². The molecule has 0 N–H and O–H groups in total. The maximum atomic E-state index is 13.1. The van der Waals surface area contributed by atoms with Gasteiger partial charge in [-0.3, -0.25) is 25.0 Å². The largest absolute Gasteiger partial charge is 0.362 e. The van der Waals surface area contributed by atoms with E-state index in [1.807, 2.05) is 19.9 Å². The summed E-state index contributed by atoms with van der Waals surface area (Å²) in [7, 11) is 0. The Bertz CT molecular complexity index is 971. The van der Waals surface area contributed by atoms with Gasteiger partial charge in [-0.05, 0) is 48.0 Å². The van der Waals surface area contributed by atoms with Crippen LogP contribution < -0.4 is 4.90 Å². The summed E-state index contributed by atoms with van der Waals surface area (Å²) in [6.45, 7) is 4.52. The van der Waals surface area contributed by atoms with Crippen molar-refractivity contribution in [1.29, 1.82) is 0 Å². The summed E-state index contributed by atoms with van der Waals surface area (Å²) in [5.41, 5.74) is 0.224. The van der Waals surface area contributed by atoms with Crippen molar-refractivity contribution in [3.8, 4) is 0 Å². The van der Waals surface area contributed by atoms with Crippen LogP contribution in [-0.2, 0) is 0 Å². The summed E-state index contributed by atoms with van der Waals surface area (Å²) in [4.78, 5) is 37.8. The lowest BCUT2D eigenvalue weighted by Gasteiger charge is -2.45. The number of amides is 1. The van der Waals surface area contributed by atoms with Gasteiger partial charge in [-0.2, -0.15) is 0 Å². The van der Waals surface area contributed by atoms with Gasteiger partial charge in [0.15, 0.2) is 0 Å². The van der Waals surface area contributed by atoms with E-state index in [-0.39, 0.29) is 29.4 Å². The van der Waals surface area contributed by atoms with E-state index in [0.29, 0.717) is 28.8 Å². The first-order chi connectivity index (χ1) is 13.7. The molecule has 1 amide bonds. The summed E-state index contributed by atoms with van der Waals surface area (Å²) in [6, 6.07) is 10.4. The van der Waals surface area contributed by atoms with Gasteiger partial charge in [-0.15, -0.1) is 0 Å². The zero-order valence-electron chi connectivity index (χ0n) is 15.8. The summed E-state index contributed by atoms with van der Waals surface area (Å²) in [5.74, 6) is -0.115. The van der Waals surface area contributed by atoms with Crippen LogP contribution in [0.5, 0.6) is 0 Å². The standard InChI is InChI=1S/C19H19BrN4O5/c1-12-10-21(17-8-7-14(23(26)27)9-18(17)24(28)29)11-13(2)22(12)19(25)15-5-3-4-6-16(15)20/h3-9,12-13H,10-11H2,1-2H3/t12-,13-/m1/s1. The highest BCUT2D eigenvalue weighted by molar-refractivity contribution is 9.10. The van der Waals surface area contributed by atoms with E-state index in [9.17, 15) is 25.0 Å². The van der Waals surface area contributed by atoms with Crippen LogP contribution in [0.3, 0.4) is 0 Å². The third kappa shape index (κ3) is 4.07. The molecule has 2 atom stereocenters. The van der Waals surface area contributed by atoms with Crippen molar-refractivity contribution in [3.05, 3.63) is 72.7 Å². The number of rotatable bonds is 4. The number of piperazine rings is 1. The fourth-order valence-corrected chi connectivity index (χ4v) is 4.19. The SMILES string of the molecule is C[C@@H]1CN(c2ccc([N+](=O)[O-])cc2[N+](=O)[O-])C[C@@H](C)N1C(=O)c1ccccc1Br. The molecule has 0 saturated carbocycles. The van der Waals surface area contributed by atoms with E-state index >= 15 is 0 Å². The van der Waals surface area contributed by atoms with Crippen molar-refractivity contribution in [1.82, 2.24) is 4.90 Å². The molecule has 1 aliphatic heterocycles. The molecule has 0 unspecified atom stereocenters. The molecule has 0 aromatic heterocycles. The minimum atomic E-state index is -0.656. The number of hydrogen-bond acceptors (Lipinski definition) is 6. The first-order valence-electron chi connectivity index (χ1n) is 8.95. The number of nitro groups is 2. The molecular weight excluding hydrogens is 444 g/mol. The van der Waals surface area contributed by atoms with Gasteiger partial charge in [0.1, 0.15) is 5.69 Å². The van der Waals surface area contributed by atoms with Crippen LogP contribution in [0.4, 0.5) is 17.1 Å². The summed E-state index contributed by atoms with van der Waals surface area (Å²) in [5, 5.41) is 22.5. The predicted molar refractivity (Wildman–Crippen MR) is 111 cm³/mol. The first-order valence-corrected chi connectivity index (χ1v) is 9.75. The number of non-ortho nitro benzene ring substituents is 1. The number of hydrogen-bond donors (Lipinski definition) is 0. The van der Waals surface area contributed by atoms with Crippen molar-refractivity contribution in [2.24, 2.45) is 0 Å². The second-order valence-electron chi connectivity index (χ2n) is 6.98. The number of carbonyl (C=O) groups is 1. The molecule has 1 heterocycles. The lowest BCUT2D eigenvalue weighted by Crippen LogP contribution is -2.58. The lowest BCUT2D eigenvalue weighted by atomic mass is 10.0. The van der Waals surface area contributed by atoms with E-state index in [2.05, 4.69) is 15.9 Å². The Morgan fingerprint density at radius 3 is 2.21 bits per heavy atom. The molecule has 9 nitrogen and oxygen atoms in total. The molecule has 0 radical (unpaired) electrons. The molecule has 0 spiro atoms.